The zero-order valence-electron chi connectivity index (χ0n) is 9.46. The molecule has 0 bridgehead atoms. The molecular weight excluding hydrogens is 190 g/mol. The highest BCUT2D eigenvalue weighted by Gasteiger charge is 2.18. The molecule has 4 heteroatoms. The van der Waals surface area contributed by atoms with E-state index in [4.69, 9.17) is 10.2 Å². The summed E-state index contributed by atoms with van der Waals surface area (Å²) in [5.41, 5.74) is 8.47. The van der Waals surface area contributed by atoms with Gasteiger partial charge in [0.05, 0.1) is 11.1 Å². The summed E-state index contributed by atoms with van der Waals surface area (Å²) in [6.45, 7) is 8.14. The van der Waals surface area contributed by atoms with Gasteiger partial charge in [0.1, 0.15) is 5.76 Å². The number of aromatic nitrogens is 2. The molecule has 2 rings (SSSR count). The Morgan fingerprint density at radius 2 is 1.87 bits per heavy atom. The van der Waals surface area contributed by atoms with Crippen molar-refractivity contribution in [3.8, 4) is 0 Å². The van der Waals surface area contributed by atoms with E-state index in [0.717, 1.165) is 16.8 Å². The molecule has 0 radical (unpaired) electrons. The van der Waals surface area contributed by atoms with E-state index in [9.17, 15) is 0 Å². The van der Waals surface area contributed by atoms with Crippen molar-refractivity contribution in [3.05, 3.63) is 17.0 Å². The van der Waals surface area contributed by atoms with Crippen molar-refractivity contribution in [1.29, 1.82) is 0 Å². The van der Waals surface area contributed by atoms with Crippen molar-refractivity contribution in [1.82, 2.24) is 10.2 Å². The third-order valence-electron chi connectivity index (χ3n) is 2.61. The number of hydrogen-bond acceptors (Lipinski definition) is 4. The maximum Gasteiger partial charge on any atom is 0.189 e. The molecular formula is C11H15N3O. The van der Waals surface area contributed by atoms with E-state index in [1.807, 2.05) is 13.8 Å². The van der Waals surface area contributed by atoms with Gasteiger partial charge in [-0.15, -0.1) is 5.10 Å². The molecule has 4 nitrogen and oxygen atoms in total. The Morgan fingerprint density at radius 3 is 2.47 bits per heavy atom. The highest BCUT2D eigenvalue weighted by molar-refractivity contribution is 5.91. The van der Waals surface area contributed by atoms with Crippen LogP contribution in [0.25, 0.3) is 11.0 Å². The maximum atomic E-state index is 5.74. The Kier molecular flexibility index (Phi) is 2.14. The number of furan rings is 1. The number of fused-ring (bicyclic) bond motifs is 1. The highest BCUT2D eigenvalue weighted by atomic mass is 16.3. The van der Waals surface area contributed by atoms with Gasteiger partial charge in [-0.25, -0.2) is 0 Å². The second kappa shape index (κ2) is 3.22. The molecule has 0 saturated carbocycles. The molecule has 2 aromatic rings. The van der Waals surface area contributed by atoms with Crippen LogP contribution in [0.2, 0.25) is 0 Å². The van der Waals surface area contributed by atoms with Crippen LogP contribution in [-0.4, -0.2) is 10.2 Å². The monoisotopic (exact) mass is 205 g/mol. The van der Waals surface area contributed by atoms with Crippen molar-refractivity contribution in [3.63, 3.8) is 0 Å². The molecule has 2 aromatic heterocycles. The van der Waals surface area contributed by atoms with E-state index in [1.165, 1.54) is 5.56 Å². The van der Waals surface area contributed by atoms with E-state index >= 15 is 0 Å². The van der Waals surface area contributed by atoms with Crippen LogP contribution in [0, 0.1) is 13.8 Å². The molecule has 0 aliphatic rings. The molecule has 0 fully saturated rings. The van der Waals surface area contributed by atoms with Crippen LogP contribution in [0.3, 0.4) is 0 Å². The number of aryl methyl sites for hydroxylation is 2. The fraction of sp³-hybridized carbons (Fsp3) is 0.455. The first kappa shape index (κ1) is 9.96. The van der Waals surface area contributed by atoms with Crippen molar-refractivity contribution in [2.45, 2.75) is 33.6 Å². The lowest BCUT2D eigenvalue weighted by atomic mass is 9.99. The Labute approximate surface area is 88.5 Å². The van der Waals surface area contributed by atoms with Gasteiger partial charge in [0, 0.05) is 5.56 Å². The smallest absolute Gasteiger partial charge is 0.189 e. The predicted molar refractivity (Wildman–Crippen MR) is 59.8 cm³/mol. The molecule has 0 spiro atoms. The van der Waals surface area contributed by atoms with Gasteiger partial charge in [0.25, 0.3) is 0 Å². The summed E-state index contributed by atoms with van der Waals surface area (Å²) in [6, 6.07) is 0. The number of rotatable bonds is 1. The van der Waals surface area contributed by atoms with Gasteiger partial charge in [-0.1, -0.05) is 13.8 Å². The average Bonchev–Trinajstić information content (AvgIpc) is 2.50. The first-order chi connectivity index (χ1) is 7.02. The zero-order chi connectivity index (χ0) is 11.2. The summed E-state index contributed by atoms with van der Waals surface area (Å²) in [4.78, 5) is 0. The van der Waals surface area contributed by atoms with Gasteiger partial charge < -0.3 is 10.2 Å². The van der Waals surface area contributed by atoms with E-state index in [0.29, 0.717) is 17.3 Å². The fourth-order valence-electron chi connectivity index (χ4n) is 2.02. The Hall–Kier alpha value is -1.58. The van der Waals surface area contributed by atoms with E-state index < -0.39 is 0 Å². The summed E-state index contributed by atoms with van der Waals surface area (Å²) in [5.74, 6) is 1.67. The first-order valence-electron chi connectivity index (χ1n) is 5.04. The zero-order valence-corrected chi connectivity index (χ0v) is 9.46. The van der Waals surface area contributed by atoms with Gasteiger partial charge in [0.2, 0.25) is 0 Å². The number of nitrogen functional groups attached to an aromatic ring is 1. The lowest BCUT2D eigenvalue weighted by Crippen LogP contribution is -1.97. The number of nitrogens with zero attached hydrogens (tertiary/aromatic N) is 2. The minimum absolute atomic E-state index is 0.366. The summed E-state index contributed by atoms with van der Waals surface area (Å²) in [7, 11) is 0. The predicted octanol–water partition coefficient (Wildman–Crippen LogP) is 2.55. The van der Waals surface area contributed by atoms with Crippen LogP contribution >= 0.6 is 0 Å². The summed E-state index contributed by atoms with van der Waals surface area (Å²) in [5, 5.41) is 8.91. The standard InChI is InChI=1S/C11H15N3O/c1-5(2)8-7(4)15-10-9(8)6(3)13-14-11(10)12/h5H,1-4H3,(H2,12,14). The summed E-state index contributed by atoms with van der Waals surface area (Å²) >= 11 is 0. The SMILES string of the molecule is Cc1oc2c(N)nnc(C)c2c1C(C)C. The van der Waals surface area contributed by atoms with E-state index in [2.05, 4.69) is 24.0 Å². The summed E-state index contributed by atoms with van der Waals surface area (Å²) in [6.07, 6.45) is 0. The molecule has 0 amide bonds. The third kappa shape index (κ3) is 1.37. The normalized spacial score (nSPS) is 11.5. The van der Waals surface area contributed by atoms with Crippen LogP contribution in [0.1, 0.15) is 36.8 Å². The molecule has 0 aromatic carbocycles. The molecule has 0 aliphatic carbocycles. The van der Waals surface area contributed by atoms with Gasteiger partial charge in [-0.2, -0.15) is 5.10 Å². The lowest BCUT2D eigenvalue weighted by molar-refractivity contribution is 0.567. The highest BCUT2D eigenvalue weighted by Crippen LogP contribution is 2.34. The number of nitrogens with two attached hydrogens (primary N) is 1. The number of anilines is 1. The van der Waals surface area contributed by atoms with Gasteiger partial charge in [-0.3, -0.25) is 0 Å². The largest absolute Gasteiger partial charge is 0.457 e. The van der Waals surface area contributed by atoms with E-state index in [-0.39, 0.29) is 0 Å². The molecule has 0 saturated heterocycles. The summed E-state index contributed by atoms with van der Waals surface area (Å²) < 4.78 is 5.64. The third-order valence-corrected chi connectivity index (χ3v) is 2.61. The molecule has 80 valence electrons. The molecule has 0 atom stereocenters. The average molecular weight is 205 g/mol. The van der Waals surface area contributed by atoms with Crippen molar-refractivity contribution >= 4 is 16.8 Å². The quantitative estimate of drug-likeness (QED) is 0.777. The lowest BCUT2D eigenvalue weighted by Gasteiger charge is -2.04. The second-order valence-corrected chi connectivity index (χ2v) is 4.10. The minimum atomic E-state index is 0.366. The second-order valence-electron chi connectivity index (χ2n) is 4.10. The van der Waals surface area contributed by atoms with E-state index in [1.54, 1.807) is 0 Å². The molecule has 2 N–H and O–H groups in total. The Balaban J connectivity index is 2.92. The van der Waals surface area contributed by atoms with Gasteiger partial charge in [-0.05, 0) is 19.8 Å². The Bertz CT molecular complexity index is 514. The van der Waals surface area contributed by atoms with Crippen molar-refractivity contribution < 1.29 is 4.42 Å². The molecule has 0 aliphatic heterocycles. The number of hydrogen-bond donors (Lipinski definition) is 1. The van der Waals surface area contributed by atoms with Crippen LogP contribution in [0.15, 0.2) is 4.42 Å². The van der Waals surface area contributed by atoms with Crippen LogP contribution < -0.4 is 5.73 Å². The molecule has 2 heterocycles. The molecule has 0 unspecified atom stereocenters. The topological polar surface area (TPSA) is 64.9 Å². The van der Waals surface area contributed by atoms with Gasteiger partial charge >= 0.3 is 0 Å². The Morgan fingerprint density at radius 1 is 1.20 bits per heavy atom. The van der Waals surface area contributed by atoms with Crippen LogP contribution in [0.5, 0.6) is 0 Å². The van der Waals surface area contributed by atoms with Crippen molar-refractivity contribution in [2.24, 2.45) is 0 Å². The maximum absolute atomic E-state index is 5.74. The molecule has 15 heavy (non-hydrogen) atoms. The minimum Gasteiger partial charge on any atom is -0.457 e. The van der Waals surface area contributed by atoms with Crippen LogP contribution in [-0.2, 0) is 0 Å². The van der Waals surface area contributed by atoms with Gasteiger partial charge in [0.15, 0.2) is 11.4 Å². The van der Waals surface area contributed by atoms with Crippen LogP contribution in [0.4, 0.5) is 5.82 Å². The van der Waals surface area contributed by atoms with Crippen molar-refractivity contribution in [2.75, 3.05) is 5.73 Å². The fourth-order valence-corrected chi connectivity index (χ4v) is 2.02. The first-order valence-corrected chi connectivity index (χ1v) is 5.04.